The maximum absolute atomic E-state index is 5.79. The highest BCUT2D eigenvalue weighted by molar-refractivity contribution is 5.26. The Morgan fingerprint density at radius 1 is 1.33 bits per heavy atom. The Kier molecular flexibility index (Phi) is 4.03. The Morgan fingerprint density at radius 3 is 2.76 bits per heavy atom. The van der Waals surface area contributed by atoms with E-state index in [4.69, 9.17) is 5.84 Å². The maximum Gasteiger partial charge on any atom is 0.138 e. The molecule has 1 fully saturated rings. The van der Waals surface area contributed by atoms with Crippen molar-refractivity contribution in [3.8, 4) is 0 Å². The average molecular weight is 285 g/mol. The van der Waals surface area contributed by atoms with Crippen LogP contribution in [0, 0.1) is 5.92 Å². The molecular weight excluding hydrogens is 262 g/mol. The summed E-state index contributed by atoms with van der Waals surface area (Å²) >= 11 is 0. The van der Waals surface area contributed by atoms with Crippen LogP contribution in [0.2, 0.25) is 0 Å². The highest BCUT2D eigenvalue weighted by atomic mass is 15.3. The summed E-state index contributed by atoms with van der Waals surface area (Å²) in [4.78, 5) is 4.39. The molecule has 0 spiro atoms. The van der Waals surface area contributed by atoms with E-state index in [2.05, 4.69) is 59.7 Å². The van der Waals surface area contributed by atoms with Crippen molar-refractivity contribution in [3.63, 3.8) is 0 Å². The Balaban J connectivity index is 1.68. The Bertz CT molecular complexity index is 577. The lowest BCUT2D eigenvalue weighted by atomic mass is 10.0. The van der Waals surface area contributed by atoms with Crippen LogP contribution in [0.4, 0.5) is 0 Å². The summed E-state index contributed by atoms with van der Waals surface area (Å²) in [5.41, 5.74) is 4.40. The lowest BCUT2D eigenvalue weighted by Crippen LogP contribution is -2.39. The first-order valence-electron chi connectivity index (χ1n) is 7.60. The number of hydrogen-bond acceptors (Lipinski definition) is 4. The maximum atomic E-state index is 5.79. The molecule has 3 N–H and O–H groups in total. The van der Waals surface area contributed by atoms with Crippen LogP contribution in [-0.4, -0.2) is 20.8 Å². The molecule has 1 aromatic carbocycles. The van der Waals surface area contributed by atoms with Gasteiger partial charge in [-0.05, 0) is 37.7 Å². The predicted octanol–water partition coefficient (Wildman–Crippen LogP) is 2.04. The number of hydrazine groups is 1. The molecule has 1 aliphatic rings. The van der Waals surface area contributed by atoms with Crippen molar-refractivity contribution in [3.05, 3.63) is 48.0 Å². The molecule has 3 rings (SSSR count). The van der Waals surface area contributed by atoms with Crippen molar-refractivity contribution in [2.75, 3.05) is 0 Å². The van der Waals surface area contributed by atoms with Gasteiger partial charge in [-0.25, -0.2) is 9.67 Å². The van der Waals surface area contributed by atoms with Crippen molar-refractivity contribution in [1.82, 2.24) is 20.2 Å². The zero-order valence-corrected chi connectivity index (χ0v) is 12.6. The number of benzene rings is 1. The molecule has 1 aliphatic carbocycles. The van der Waals surface area contributed by atoms with E-state index >= 15 is 0 Å². The lowest BCUT2D eigenvalue weighted by Gasteiger charge is -2.17. The van der Waals surface area contributed by atoms with Crippen LogP contribution in [0.25, 0.3) is 0 Å². The van der Waals surface area contributed by atoms with Gasteiger partial charge >= 0.3 is 0 Å². The van der Waals surface area contributed by atoms with Gasteiger partial charge in [0.15, 0.2) is 0 Å². The zero-order valence-electron chi connectivity index (χ0n) is 12.6. The second-order valence-electron chi connectivity index (χ2n) is 6.11. The number of aromatic nitrogens is 3. The third kappa shape index (κ3) is 2.99. The molecule has 5 nitrogen and oxygen atoms in total. The molecule has 1 aromatic heterocycles. The average Bonchev–Trinajstić information content (AvgIpc) is 3.15. The number of nitrogens with one attached hydrogen (secondary N) is 1. The van der Waals surface area contributed by atoms with Gasteiger partial charge in [-0.15, -0.1) is 0 Å². The van der Waals surface area contributed by atoms with Gasteiger partial charge in [-0.1, -0.05) is 30.3 Å². The smallest absolute Gasteiger partial charge is 0.138 e. The van der Waals surface area contributed by atoms with Gasteiger partial charge in [-0.3, -0.25) is 11.3 Å². The number of nitrogens with two attached hydrogens (primary N) is 1. The topological polar surface area (TPSA) is 68.8 Å². The third-order valence-electron chi connectivity index (χ3n) is 4.34. The number of hydrogen-bond donors (Lipinski definition) is 2. The van der Waals surface area contributed by atoms with Crippen molar-refractivity contribution < 1.29 is 0 Å². The molecule has 0 radical (unpaired) electrons. The monoisotopic (exact) mass is 285 g/mol. The normalized spacial score (nSPS) is 22.5. The first kappa shape index (κ1) is 14.2. The molecule has 1 saturated carbocycles. The molecule has 5 heteroatoms. The van der Waals surface area contributed by atoms with Crippen LogP contribution in [-0.2, 0) is 6.42 Å². The van der Waals surface area contributed by atoms with Crippen molar-refractivity contribution in [2.45, 2.75) is 44.7 Å². The molecule has 0 bridgehead atoms. The van der Waals surface area contributed by atoms with E-state index < -0.39 is 0 Å². The summed E-state index contributed by atoms with van der Waals surface area (Å²) in [7, 11) is 0. The van der Waals surface area contributed by atoms with E-state index in [-0.39, 0.29) is 6.04 Å². The van der Waals surface area contributed by atoms with E-state index in [9.17, 15) is 0 Å². The first-order chi connectivity index (χ1) is 10.2. The summed E-state index contributed by atoms with van der Waals surface area (Å²) in [6.07, 6.45) is 3.64. The zero-order chi connectivity index (χ0) is 14.8. The van der Waals surface area contributed by atoms with Gasteiger partial charge in [0, 0.05) is 18.5 Å². The summed E-state index contributed by atoms with van der Waals surface area (Å²) in [6.45, 7) is 4.24. The van der Waals surface area contributed by atoms with Crippen LogP contribution in [0.1, 0.15) is 43.6 Å². The molecule has 0 saturated heterocycles. The van der Waals surface area contributed by atoms with E-state index in [1.165, 1.54) is 12.0 Å². The quantitative estimate of drug-likeness (QED) is 0.629. The minimum absolute atomic E-state index is 0.247. The molecule has 3 atom stereocenters. The Hall–Kier alpha value is -1.72. The number of nitrogens with zero attached hydrogens (tertiary/aromatic N) is 3. The van der Waals surface area contributed by atoms with Gasteiger partial charge in [0.1, 0.15) is 12.2 Å². The summed E-state index contributed by atoms with van der Waals surface area (Å²) < 4.78 is 1.98. The molecule has 0 aliphatic heterocycles. The van der Waals surface area contributed by atoms with Crippen LogP contribution in [0.5, 0.6) is 0 Å². The van der Waals surface area contributed by atoms with Crippen molar-refractivity contribution >= 4 is 0 Å². The van der Waals surface area contributed by atoms with Crippen molar-refractivity contribution in [1.29, 1.82) is 0 Å². The lowest BCUT2D eigenvalue weighted by molar-refractivity contribution is 0.427. The van der Waals surface area contributed by atoms with Gasteiger partial charge in [-0.2, -0.15) is 5.10 Å². The molecule has 0 amide bonds. The molecule has 2 aromatic rings. The second-order valence-corrected chi connectivity index (χ2v) is 6.11. The van der Waals surface area contributed by atoms with Crippen LogP contribution < -0.4 is 11.3 Å². The standard InChI is InChI=1S/C16H23N5/c1-11(2)21-16(18-10-19-21)9-15(20-17)14-8-13(14)12-6-4-3-5-7-12/h3-7,10-11,13-15,20H,8-9,17H2,1-2H3. The molecule has 112 valence electrons. The fourth-order valence-electron chi connectivity index (χ4n) is 3.12. The van der Waals surface area contributed by atoms with Crippen LogP contribution >= 0.6 is 0 Å². The summed E-state index contributed by atoms with van der Waals surface area (Å²) in [6, 6.07) is 11.2. The highest BCUT2D eigenvalue weighted by Gasteiger charge is 2.43. The van der Waals surface area contributed by atoms with Gasteiger partial charge in [0.25, 0.3) is 0 Å². The number of rotatable bonds is 6. The largest absolute Gasteiger partial charge is 0.271 e. The highest BCUT2D eigenvalue weighted by Crippen LogP contribution is 2.49. The third-order valence-corrected chi connectivity index (χ3v) is 4.34. The molecular formula is C16H23N5. The molecule has 21 heavy (non-hydrogen) atoms. The SMILES string of the molecule is CC(C)n1ncnc1CC(NN)C1CC1c1ccccc1. The predicted molar refractivity (Wildman–Crippen MR) is 82.5 cm³/mol. The minimum Gasteiger partial charge on any atom is -0.271 e. The van der Waals surface area contributed by atoms with Gasteiger partial charge < -0.3 is 0 Å². The van der Waals surface area contributed by atoms with Crippen molar-refractivity contribution in [2.24, 2.45) is 11.8 Å². The van der Waals surface area contributed by atoms with E-state index in [1.54, 1.807) is 6.33 Å². The summed E-state index contributed by atoms with van der Waals surface area (Å²) in [5, 5.41) is 4.30. The fraction of sp³-hybridized carbons (Fsp3) is 0.500. The van der Waals surface area contributed by atoms with Gasteiger partial charge in [0.2, 0.25) is 0 Å². The Labute approximate surface area is 125 Å². The first-order valence-corrected chi connectivity index (χ1v) is 7.60. The van der Waals surface area contributed by atoms with E-state index in [0.717, 1.165) is 12.2 Å². The molecule has 3 unspecified atom stereocenters. The van der Waals surface area contributed by atoms with Crippen LogP contribution in [0.3, 0.4) is 0 Å². The van der Waals surface area contributed by atoms with Crippen LogP contribution in [0.15, 0.2) is 36.7 Å². The summed E-state index contributed by atoms with van der Waals surface area (Å²) in [5.74, 6) is 7.99. The van der Waals surface area contributed by atoms with E-state index in [0.29, 0.717) is 17.9 Å². The Morgan fingerprint density at radius 2 is 2.10 bits per heavy atom. The molecule has 1 heterocycles. The van der Waals surface area contributed by atoms with E-state index in [1.807, 2.05) is 4.68 Å². The van der Waals surface area contributed by atoms with Gasteiger partial charge in [0.05, 0.1) is 0 Å². The second kappa shape index (κ2) is 5.95. The minimum atomic E-state index is 0.247. The fourth-order valence-corrected chi connectivity index (χ4v) is 3.12.